The maximum Gasteiger partial charge on any atom is 0.122 e. The zero-order valence-electron chi connectivity index (χ0n) is 9.90. The van der Waals surface area contributed by atoms with E-state index in [-0.39, 0.29) is 6.10 Å². The Bertz CT molecular complexity index is 352. The Kier molecular flexibility index (Phi) is 5.26. The minimum Gasteiger partial charge on any atom is -0.490 e. The van der Waals surface area contributed by atoms with Crippen molar-refractivity contribution in [1.29, 1.82) is 0 Å². The topological polar surface area (TPSA) is 35.2 Å². The predicted molar refractivity (Wildman–Crippen MR) is 71.9 cm³/mol. The third kappa shape index (κ3) is 3.81. The summed E-state index contributed by atoms with van der Waals surface area (Å²) in [5.74, 6) is 0.952. The molecule has 2 N–H and O–H groups in total. The molecular weight excluding hydrogens is 218 g/mol. The molecule has 0 saturated heterocycles. The summed E-state index contributed by atoms with van der Waals surface area (Å²) < 4.78 is 5.93. The summed E-state index contributed by atoms with van der Waals surface area (Å²) in [5.41, 5.74) is 6.77. The van der Waals surface area contributed by atoms with Crippen molar-refractivity contribution in [2.75, 3.05) is 0 Å². The molecular formula is C13H19NOS. The van der Waals surface area contributed by atoms with Gasteiger partial charge >= 0.3 is 0 Å². The van der Waals surface area contributed by atoms with Crippen molar-refractivity contribution in [3.05, 3.63) is 29.8 Å². The van der Waals surface area contributed by atoms with E-state index < -0.39 is 0 Å². The van der Waals surface area contributed by atoms with E-state index in [9.17, 15) is 0 Å². The lowest BCUT2D eigenvalue weighted by molar-refractivity contribution is 0.203. The van der Waals surface area contributed by atoms with Gasteiger partial charge in [0, 0.05) is 6.42 Å². The average Bonchev–Trinajstić information content (AvgIpc) is 2.28. The minimum atomic E-state index is 0.0881. The zero-order valence-corrected chi connectivity index (χ0v) is 10.7. The van der Waals surface area contributed by atoms with Crippen LogP contribution >= 0.6 is 12.2 Å². The fourth-order valence-electron chi connectivity index (χ4n) is 1.58. The third-order valence-electron chi connectivity index (χ3n) is 2.53. The molecule has 0 radical (unpaired) electrons. The number of para-hydroxylation sites is 1. The van der Waals surface area contributed by atoms with Gasteiger partial charge in [-0.05, 0) is 24.5 Å². The van der Waals surface area contributed by atoms with E-state index in [1.807, 2.05) is 18.2 Å². The van der Waals surface area contributed by atoms with Gasteiger partial charge in [-0.15, -0.1) is 0 Å². The maximum absolute atomic E-state index is 5.93. The number of thiocarbonyl (C=S) groups is 1. The molecule has 1 rings (SSSR count). The molecule has 1 unspecified atom stereocenters. The second-order valence-electron chi connectivity index (χ2n) is 3.78. The van der Waals surface area contributed by atoms with E-state index in [4.69, 9.17) is 22.7 Å². The van der Waals surface area contributed by atoms with Gasteiger partial charge in [0.25, 0.3) is 0 Å². The number of rotatable bonds is 6. The first-order valence-corrected chi connectivity index (χ1v) is 6.11. The van der Waals surface area contributed by atoms with Crippen LogP contribution in [0.4, 0.5) is 0 Å². The molecule has 0 aliphatic carbocycles. The highest BCUT2D eigenvalue weighted by Gasteiger charge is 2.11. The molecule has 0 fully saturated rings. The van der Waals surface area contributed by atoms with Gasteiger partial charge in [-0.25, -0.2) is 0 Å². The lowest BCUT2D eigenvalue weighted by Crippen LogP contribution is -2.23. The molecule has 2 nitrogen and oxygen atoms in total. The standard InChI is InChI=1S/C13H19NOS/c1-3-10-7-5-6-8-12(10)15-11(4-2)9-13(14)16/h5-8,11H,3-4,9H2,1-2H3,(H2,14,16). The average molecular weight is 237 g/mol. The van der Waals surface area contributed by atoms with Crippen LogP contribution in [0.1, 0.15) is 32.3 Å². The van der Waals surface area contributed by atoms with Gasteiger partial charge in [-0.3, -0.25) is 0 Å². The van der Waals surface area contributed by atoms with E-state index in [0.717, 1.165) is 18.6 Å². The predicted octanol–water partition coefficient (Wildman–Crippen LogP) is 3.08. The molecule has 1 aromatic rings. The molecule has 0 amide bonds. The van der Waals surface area contributed by atoms with Crippen LogP contribution < -0.4 is 10.5 Å². The highest BCUT2D eigenvalue weighted by molar-refractivity contribution is 7.80. The molecule has 0 spiro atoms. The molecule has 88 valence electrons. The first kappa shape index (κ1) is 13.0. The molecule has 1 aromatic carbocycles. The summed E-state index contributed by atoms with van der Waals surface area (Å²) >= 11 is 4.91. The van der Waals surface area contributed by atoms with Gasteiger partial charge in [-0.1, -0.05) is 44.3 Å². The largest absolute Gasteiger partial charge is 0.490 e. The van der Waals surface area contributed by atoms with Gasteiger partial charge in [0.2, 0.25) is 0 Å². The number of ether oxygens (including phenoxy) is 1. The summed E-state index contributed by atoms with van der Waals surface area (Å²) in [5, 5.41) is 0. The molecule has 1 atom stereocenters. The van der Waals surface area contributed by atoms with Crippen molar-refractivity contribution in [2.45, 2.75) is 39.2 Å². The van der Waals surface area contributed by atoms with Crippen molar-refractivity contribution in [2.24, 2.45) is 5.73 Å². The Labute approximate surface area is 103 Å². The van der Waals surface area contributed by atoms with Crippen LogP contribution in [-0.4, -0.2) is 11.1 Å². The Balaban J connectivity index is 2.73. The third-order valence-corrected chi connectivity index (χ3v) is 2.70. The molecule has 3 heteroatoms. The fraction of sp³-hybridized carbons (Fsp3) is 0.462. The monoisotopic (exact) mass is 237 g/mol. The molecule has 0 bridgehead atoms. The number of aryl methyl sites for hydroxylation is 1. The summed E-state index contributed by atoms with van der Waals surface area (Å²) in [7, 11) is 0. The molecule has 0 aliphatic rings. The van der Waals surface area contributed by atoms with Crippen molar-refractivity contribution < 1.29 is 4.74 Å². The van der Waals surface area contributed by atoms with E-state index in [2.05, 4.69) is 19.9 Å². The summed E-state index contributed by atoms with van der Waals surface area (Å²) in [6.45, 7) is 4.20. The van der Waals surface area contributed by atoms with E-state index >= 15 is 0 Å². The van der Waals surface area contributed by atoms with Crippen molar-refractivity contribution in [3.63, 3.8) is 0 Å². The van der Waals surface area contributed by atoms with Crippen molar-refractivity contribution in [1.82, 2.24) is 0 Å². The van der Waals surface area contributed by atoms with E-state index in [1.54, 1.807) is 0 Å². The van der Waals surface area contributed by atoms with E-state index in [1.165, 1.54) is 5.56 Å². The highest BCUT2D eigenvalue weighted by atomic mass is 32.1. The summed E-state index contributed by atoms with van der Waals surface area (Å²) in [4.78, 5) is 0.515. The molecule has 0 aromatic heterocycles. The lowest BCUT2D eigenvalue weighted by Gasteiger charge is -2.18. The van der Waals surface area contributed by atoms with E-state index in [0.29, 0.717) is 11.4 Å². The number of benzene rings is 1. The van der Waals surface area contributed by atoms with Gasteiger partial charge in [0.15, 0.2) is 0 Å². The number of hydrogen-bond acceptors (Lipinski definition) is 2. The summed E-state index contributed by atoms with van der Waals surface area (Å²) in [6, 6.07) is 8.10. The van der Waals surface area contributed by atoms with Crippen LogP contribution in [0.25, 0.3) is 0 Å². The molecule has 0 heterocycles. The van der Waals surface area contributed by atoms with Crippen LogP contribution in [0, 0.1) is 0 Å². The number of hydrogen-bond donors (Lipinski definition) is 1. The minimum absolute atomic E-state index is 0.0881. The second kappa shape index (κ2) is 6.48. The highest BCUT2D eigenvalue weighted by Crippen LogP contribution is 2.21. The molecule has 0 saturated carbocycles. The lowest BCUT2D eigenvalue weighted by atomic mass is 10.1. The quantitative estimate of drug-likeness (QED) is 0.772. The van der Waals surface area contributed by atoms with Gasteiger partial charge in [-0.2, -0.15) is 0 Å². The zero-order chi connectivity index (χ0) is 12.0. The van der Waals surface area contributed by atoms with Crippen LogP contribution in [0.3, 0.4) is 0 Å². The normalized spacial score (nSPS) is 12.1. The Morgan fingerprint density at radius 1 is 1.38 bits per heavy atom. The van der Waals surface area contributed by atoms with Gasteiger partial charge < -0.3 is 10.5 Å². The first-order chi connectivity index (χ1) is 7.67. The first-order valence-electron chi connectivity index (χ1n) is 5.70. The smallest absolute Gasteiger partial charge is 0.122 e. The van der Waals surface area contributed by atoms with Gasteiger partial charge in [0.05, 0.1) is 4.99 Å². The van der Waals surface area contributed by atoms with Crippen LogP contribution in [0.15, 0.2) is 24.3 Å². The van der Waals surface area contributed by atoms with Gasteiger partial charge in [0.1, 0.15) is 11.9 Å². The SMILES string of the molecule is CCc1ccccc1OC(CC)CC(N)=S. The van der Waals surface area contributed by atoms with Crippen molar-refractivity contribution >= 4 is 17.2 Å². The van der Waals surface area contributed by atoms with Crippen LogP contribution in [0.5, 0.6) is 5.75 Å². The molecule has 16 heavy (non-hydrogen) atoms. The Morgan fingerprint density at radius 3 is 2.62 bits per heavy atom. The maximum atomic E-state index is 5.93. The van der Waals surface area contributed by atoms with Crippen LogP contribution in [-0.2, 0) is 6.42 Å². The second-order valence-corrected chi connectivity index (χ2v) is 4.30. The van der Waals surface area contributed by atoms with Crippen LogP contribution in [0.2, 0.25) is 0 Å². The number of nitrogens with two attached hydrogens (primary N) is 1. The Hall–Kier alpha value is -1.09. The Morgan fingerprint density at radius 2 is 2.06 bits per heavy atom. The fourth-order valence-corrected chi connectivity index (χ4v) is 1.77. The molecule has 0 aliphatic heterocycles. The summed E-state index contributed by atoms with van der Waals surface area (Å²) in [6.07, 6.45) is 2.61. The van der Waals surface area contributed by atoms with Crippen molar-refractivity contribution in [3.8, 4) is 5.75 Å².